The predicted molar refractivity (Wildman–Crippen MR) is 80.1 cm³/mol. The van der Waals surface area contributed by atoms with E-state index in [0.717, 1.165) is 17.0 Å². The standard InChI is InChI=1S/C12H21N3O3S2/c1-8(2)11-13-10(7-19-11)6-15(4)12(16)9(3)14-20(5,17)18/h7-9,14H,6H2,1-5H3. The summed E-state index contributed by atoms with van der Waals surface area (Å²) in [6, 6.07) is -0.779. The predicted octanol–water partition coefficient (Wildman–Crippen LogP) is 1.16. The molecule has 6 nitrogen and oxygen atoms in total. The first-order chi connectivity index (χ1) is 9.10. The maximum Gasteiger partial charge on any atom is 0.240 e. The van der Waals surface area contributed by atoms with Gasteiger partial charge < -0.3 is 4.90 Å². The summed E-state index contributed by atoms with van der Waals surface area (Å²) in [4.78, 5) is 18.0. The third-order valence-electron chi connectivity index (χ3n) is 2.60. The SMILES string of the molecule is CC(NS(C)(=O)=O)C(=O)N(C)Cc1csc(C(C)C)n1. The number of carbonyl (C=O) groups excluding carboxylic acids is 1. The minimum absolute atomic E-state index is 0.283. The van der Waals surface area contributed by atoms with Crippen LogP contribution in [-0.2, 0) is 21.4 Å². The Bertz CT molecular complexity index is 566. The Morgan fingerprint density at radius 1 is 1.45 bits per heavy atom. The number of sulfonamides is 1. The normalized spacial score (nSPS) is 13.5. The lowest BCUT2D eigenvalue weighted by molar-refractivity contribution is -0.131. The highest BCUT2D eigenvalue weighted by molar-refractivity contribution is 7.88. The number of amides is 1. The fourth-order valence-corrected chi connectivity index (χ4v) is 3.25. The van der Waals surface area contributed by atoms with Crippen LogP contribution in [0.4, 0.5) is 0 Å². The Morgan fingerprint density at radius 2 is 2.05 bits per heavy atom. The molecule has 0 spiro atoms. The van der Waals surface area contributed by atoms with Crippen molar-refractivity contribution in [3.63, 3.8) is 0 Å². The molecule has 1 amide bonds. The highest BCUT2D eigenvalue weighted by Gasteiger charge is 2.21. The van der Waals surface area contributed by atoms with E-state index < -0.39 is 16.1 Å². The van der Waals surface area contributed by atoms with Crippen molar-refractivity contribution in [1.82, 2.24) is 14.6 Å². The summed E-state index contributed by atoms with van der Waals surface area (Å²) in [6.45, 7) is 6.03. The first-order valence-electron chi connectivity index (χ1n) is 6.26. The molecule has 1 unspecified atom stereocenters. The monoisotopic (exact) mass is 319 g/mol. The third kappa shape index (κ3) is 5.18. The molecule has 0 radical (unpaired) electrons. The number of nitrogens with zero attached hydrogens (tertiary/aromatic N) is 2. The molecule has 0 fully saturated rings. The van der Waals surface area contributed by atoms with Gasteiger partial charge in [-0.25, -0.2) is 18.1 Å². The van der Waals surface area contributed by atoms with Crippen LogP contribution in [0.15, 0.2) is 5.38 Å². The molecular weight excluding hydrogens is 298 g/mol. The molecule has 0 aliphatic carbocycles. The van der Waals surface area contributed by atoms with Crippen molar-refractivity contribution in [2.24, 2.45) is 0 Å². The Morgan fingerprint density at radius 3 is 2.50 bits per heavy atom. The molecule has 0 saturated heterocycles. The first kappa shape index (κ1) is 17.1. The van der Waals surface area contributed by atoms with Gasteiger partial charge in [0.05, 0.1) is 29.5 Å². The quantitative estimate of drug-likeness (QED) is 0.853. The number of rotatable bonds is 6. The number of hydrogen-bond acceptors (Lipinski definition) is 5. The number of likely N-dealkylation sites (N-methyl/N-ethyl adjacent to an activating group) is 1. The summed E-state index contributed by atoms with van der Waals surface area (Å²) in [7, 11) is -1.76. The summed E-state index contributed by atoms with van der Waals surface area (Å²) >= 11 is 1.57. The molecule has 1 heterocycles. The minimum Gasteiger partial charge on any atom is -0.338 e. The summed E-state index contributed by atoms with van der Waals surface area (Å²) in [6.07, 6.45) is 1.03. The molecule has 0 aliphatic heterocycles. The van der Waals surface area contributed by atoms with E-state index >= 15 is 0 Å². The maximum atomic E-state index is 12.0. The highest BCUT2D eigenvalue weighted by Crippen LogP contribution is 2.19. The van der Waals surface area contributed by atoms with E-state index in [0.29, 0.717) is 12.5 Å². The van der Waals surface area contributed by atoms with Gasteiger partial charge in [-0.05, 0) is 6.92 Å². The zero-order chi connectivity index (χ0) is 15.5. The second kappa shape index (κ2) is 6.64. The Balaban J connectivity index is 2.65. The van der Waals surface area contributed by atoms with Crippen LogP contribution in [-0.4, -0.2) is 43.6 Å². The van der Waals surface area contributed by atoms with Crippen LogP contribution in [0.5, 0.6) is 0 Å². The van der Waals surface area contributed by atoms with E-state index in [-0.39, 0.29) is 5.91 Å². The van der Waals surface area contributed by atoms with E-state index in [1.165, 1.54) is 11.8 Å². The van der Waals surface area contributed by atoms with Crippen LogP contribution in [0.1, 0.15) is 37.4 Å². The van der Waals surface area contributed by atoms with Gasteiger partial charge in [-0.2, -0.15) is 0 Å². The molecule has 8 heteroatoms. The summed E-state index contributed by atoms with van der Waals surface area (Å²) in [5.74, 6) is 0.0788. The van der Waals surface area contributed by atoms with Gasteiger partial charge in [0, 0.05) is 18.3 Å². The molecule has 20 heavy (non-hydrogen) atoms. The molecule has 0 bridgehead atoms. The van der Waals surface area contributed by atoms with Gasteiger partial charge in [-0.1, -0.05) is 13.8 Å². The van der Waals surface area contributed by atoms with E-state index in [1.54, 1.807) is 18.4 Å². The van der Waals surface area contributed by atoms with Crippen molar-refractivity contribution in [3.8, 4) is 0 Å². The molecule has 1 rings (SSSR count). The number of nitrogens with one attached hydrogen (secondary N) is 1. The molecule has 114 valence electrons. The number of carbonyl (C=O) groups is 1. The van der Waals surface area contributed by atoms with Crippen LogP contribution in [0.3, 0.4) is 0 Å². The van der Waals surface area contributed by atoms with Crippen molar-refractivity contribution in [1.29, 1.82) is 0 Å². The topological polar surface area (TPSA) is 79.4 Å². The number of hydrogen-bond donors (Lipinski definition) is 1. The molecule has 0 aromatic carbocycles. The van der Waals surface area contributed by atoms with E-state index in [1.807, 2.05) is 5.38 Å². The first-order valence-corrected chi connectivity index (χ1v) is 9.04. The van der Waals surface area contributed by atoms with Gasteiger partial charge in [0.2, 0.25) is 15.9 Å². The van der Waals surface area contributed by atoms with Crippen LogP contribution in [0.2, 0.25) is 0 Å². The van der Waals surface area contributed by atoms with Crippen molar-refractivity contribution >= 4 is 27.3 Å². The molecule has 1 aromatic heterocycles. The molecular formula is C12H21N3O3S2. The average Bonchev–Trinajstić information content (AvgIpc) is 2.74. The van der Waals surface area contributed by atoms with Crippen LogP contribution in [0.25, 0.3) is 0 Å². The van der Waals surface area contributed by atoms with Crippen molar-refractivity contribution in [2.75, 3.05) is 13.3 Å². The van der Waals surface area contributed by atoms with Crippen molar-refractivity contribution in [3.05, 3.63) is 16.1 Å². The minimum atomic E-state index is -3.39. The highest BCUT2D eigenvalue weighted by atomic mass is 32.2. The Hall–Kier alpha value is -0.990. The number of thiazole rings is 1. The lowest BCUT2D eigenvalue weighted by Crippen LogP contribution is -2.44. The lowest BCUT2D eigenvalue weighted by Gasteiger charge is -2.20. The van der Waals surface area contributed by atoms with Crippen LogP contribution in [0, 0.1) is 0 Å². The zero-order valence-corrected chi connectivity index (χ0v) is 14.0. The molecule has 1 aromatic rings. The second-order valence-corrected chi connectivity index (χ2v) is 7.81. The van der Waals surface area contributed by atoms with Crippen molar-refractivity contribution < 1.29 is 13.2 Å². The largest absolute Gasteiger partial charge is 0.338 e. The Labute approximate surface area is 124 Å². The number of aromatic nitrogens is 1. The molecule has 0 aliphatic rings. The maximum absolute atomic E-state index is 12.0. The van der Waals surface area contributed by atoms with Crippen LogP contribution >= 0.6 is 11.3 Å². The van der Waals surface area contributed by atoms with E-state index in [9.17, 15) is 13.2 Å². The van der Waals surface area contributed by atoms with E-state index in [2.05, 4.69) is 23.6 Å². The molecule has 0 saturated carbocycles. The molecule has 1 atom stereocenters. The second-order valence-electron chi connectivity index (χ2n) is 5.14. The average molecular weight is 319 g/mol. The summed E-state index contributed by atoms with van der Waals surface area (Å²) in [5.41, 5.74) is 0.820. The summed E-state index contributed by atoms with van der Waals surface area (Å²) in [5, 5.41) is 2.96. The van der Waals surface area contributed by atoms with Crippen molar-refractivity contribution in [2.45, 2.75) is 39.3 Å². The summed E-state index contributed by atoms with van der Waals surface area (Å²) < 4.78 is 24.5. The third-order valence-corrected chi connectivity index (χ3v) is 4.58. The van der Waals surface area contributed by atoms with E-state index in [4.69, 9.17) is 0 Å². The zero-order valence-electron chi connectivity index (χ0n) is 12.4. The Kier molecular flexibility index (Phi) is 5.67. The van der Waals surface area contributed by atoms with Gasteiger partial charge in [0.1, 0.15) is 0 Å². The van der Waals surface area contributed by atoms with Gasteiger partial charge in [-0.3, -0.25) is 4.79 Å². The van der Waals surface area contributed by atoms with Gasteiger partial charge >= 0.3 is 0 Å². The molecule has 1 N–H and O–H groups in total. The smallest absolute Gasteiger partial charge is 0.240 e. The fourth-order valence-electron chi connectivity index (χ4n) is 1.68. The fraction of sp³-hybridized carbons (Fsp3) is 0.667. The van der Waals surface area contributed by atoms with Gasteiger partial charge in [-0.15, -0.1) is 11.3 Å². The van der Waals surface area contributed by atoms with Gasteiger partial charge in [0.15, 0.2) is 0 Å². The van der Waals surface area contributed by atoms with Crippen LogP contribution < -0.4 is 4.72 Å². The lowest BCUT2D eigenvalue weighted by atomic mass is 10.2. The van der Waals surface area contributed by atoms with Gasteiger partial charge in [0.25, 0.3) is 0 Å².